The molecule has 5 heteroatoms. The lowest BCUT2D eigenvalue weighted by atomic mass is 9.95. The van der Waals surface area contributed by atoms with Gasteiger partial charge in [0.2, 0.25) is 11.8 Å². The van der Waals surface area contributed by atoms with Crippen molar-refractivity contribution in [3.05, 3.63) is 0 Å². The van der Waals surface area contributed by atoms with Crippen LogP contribution in [0.5, 0.6) is 0 Å². The van der Waals surface area contributed by atoms with Gasteiger partial charge in [-0.15, -0.1) is 0 Å². The van der Waals surface area contributed by atoms with Crippen molar-refractivity contribution in [2.24, 2.45) is 0 Å². The summed E-state index contributed by atoms with van der Waals surface area (Å²) in [5, 5.41) is 2.77. The fourth-order valence-electron chi connectivity index (χ4n) is 2.96. The predicted molar refractivity (Wildman–Crippen MR) is 67.0 cm³/mol. The fourth-order valence-corrected chi connectivity index (χ4v) is 2.96. The van der Waals surface area contributed by atoms with Crippen LogP contribution >= 0.6 is 0 Å². The molecule has 3 atom stereocenters. The zero-order chi connectivity index (χ0) is 13.5. The van der Waals surface area contributed by atoms with E-state index in [0.29, 0.717) is 0 Å². The highest BCUT2D eigenvalue weighted by atomic mass is 16.5. The first-order chi connectivity index (χ1) is 8.36. The van der Waals surface area contributed by atoms with Crippen molar-refractivity contribution in [2.45, 2.75) is 63.8 Å². The molecule has 1 heterocycles. The molecule has 2 fully saturated rings. The number of hydrogen-bond acceptors (Lipinski definition) is 3. The summed E-state index contributed by atoms with van der Waals surface area (Å²) in [6.45, 7) is 5.31. The monoisotopic (exact) mass is 254 g/mol. The smallest absolute Gasteiger partial charge is 0.248 e. The third-order valence-corrected chi connectivity index (χ3v) is 4.09. The lowest BCUT2D eigenvalue weighted by Gasteiger charge is -2.44. The Morgan fingerprint density at radius 1 is 1.33 bits per heavy atom. The maximum Gasteiger partial charge on any atom is 0.248 e. The van der Waals surface area contributed by atoms with Crippen LogP contribution in [0.2, 0.25) is 0 Å². The third kappa shape index (κ3) is 2.11. The van der Waals surface area contributed by atoms with Crippen molar-refractivity contribution in [1.82, 2.24) is 10.2 Å². The Balaban J connectivity index is 2.19. The number of rotatable bonds is 2. The summed E-state index contributed by atoms with van der Waals surface area (Å²) in [6, 6.07) is -0.256. The molecule has 3 unspecified atom stereocenters. The van der Waals surface area contributed by atoms with E-state index in [1.807, 2.05) is 0 Å². The molecule has 0 aromatic carbocycles. The molecule has 1 saturated heterocycles. The van der Waals surface area contributed by atoms with Crippen LogP contribution in [0.15, 0.2) is 0 Å². The quantitative estimate of drug-likeness (QED) is 0.788. The van der Waals surface area contributed by atoms with Crippen molar-refractivity contribution in [3.8, 4) is 0 Å². The van der Waals surface area contributed by atoms with Crippen LogP contribution in [0.25, 0.3) is 0 Å². The van der Waals surface area contributed by atoms with Crippen LogP contribution in [0.3, 0.4) is 0 Å². The van der Waals surface area contributed by atoms with E-state index in [0.717, 1.165) is 19.3 Å². The predicted octanol–water partition coefficient (Wildman–Crippen LogP) is 0.679. The lowest BCUT2D eigenvalue weighted by Crippen LogP contribution is -2.69. The van der Waals surface area contributed by atoms with Crippen LogP contribution < -0.4 is 5.32 Å². The minimum atomic E-state index is -0.797. The van der Waals surface area contributed by atoms with Crippen molar-refractivity contribution in [3.63, 3.8) is 0 Å². The Morgan fingerprint density at radius 2 is 2.00 bits per heavy atom. The molecule has 1 aliphatic carbocycles. The Morgan fingerprint density at radius 3 is 2.56 bits per heavy atom. The number of carbonyl (C=O) groups is 2. The number of carbonyl (C=O) groups excluding carboxylic acids is 2. The molecule has 1 saturated carbocycles. The topological polar surface area (TPSA) is 58.6 Å². The van der Waals surface area contributed by atoms with Crippen LogP contribution in [0.1, 0.15) is 40.0 Å². The van der Waals surface area contributed by atoms with Gasteiger partial charge in [-0.05, 0) is 40.0 Å². The minimum absolute atomic E-state index is 0.0105. The van der Waals surface area contributed by atoms with Gasteiger partial charge in [0.15, 0.2) is 0 Å². The first kappa shape index (κ1) is 13.3. The van der Waals surface area contributed by atoms with Crippen LogP contribution in [0.4, 0.5) is 0 Å². The molecular weight excluding hydrogens is 232 g/mol. The minimum Gasteiger partial charge on any atom is -0.381 e. The number of nitrogens with zero attached hydrogens (tertiary/aromatic N) is 1. The lowest BCUT2D eigenvalue weighted by molar-refractivity contribution is -0.155. The van der Waals surface area contributed by atoms with Gasteiger partial charge in [0.1, 0.15) is 11.6 Å². The molecule has 0 spiro atoms. The van der Waals surface area contributed by atoms with E-state index >= 15 is 0 Å². The molecule has 0 aromatic heterocycles. The van der Waals surface area contributed by atoms with E-state index in [2.05, 4.69) is 5.32 Å². The molecule has 0 bridgehead atoms. The summed E-state index contributed by atoms with van der Waals surface area (Å²) in [6.07, 6.45) is 2.91. The molecule has 0 aromatic rings. The zero-order valence-corrected chi connectivity index (χ0v) is 11.5. The summed E-state index contributed by atoms with van der Waals surface area (Å²) in [7, 11) is 1.70. The first-order valence-corrected chi connectivity index (χ1v) is 6.54. The van der Waals surface area contributed by atoms with Crippen LogP contribution in [-0.4, -0.2) is 47.6 Å². The Kier molecular flexibility index (Phi) is 3.36. The SMILES string of the molecule is COC1CCC(N2C(=O)C(C)(C)NC(=O)C2C)C1. The third-order valence-electron chi connectivity index (χ3n) is 4.09. The molecule has 2 amide bonds. The maximum atomic E-state index is 12.5. The molecule has 5 nitrogen and oxygen atoms in total. The Labute approximate surface area is 108 Å². The van der Waals surface area contributed by atoms with E-state index in [4.69, 9.17) is 4.74 Å². The first-order valence-electron chi connectivity index (χ1n) is 6.54. The normalized spacial score (nSPS) is 35.8. The zero-order valence-electron chi connectivity index (χ0n) is 11.5. The standard InChI is InChI=1S/C13H22N2O3/c1-8-11(16)14-13(2,3)12(17)15(8)9-5-6-10(7-9)18-4/h8-10H,5-7H2,1-4H3,(H,14,16). The van der Waals surface area contributed by atoms with E-state index in [1.165, 1.54) is 0 Å². The van der Waals surface area contributed by atoms with E-state index in [9.17, 15) is 9.59 Å². The van der Waals surface area contributed by atoms with Crippen molar-refractivity contribution < 1.29 is 14.3 Å². The highest BCUT2D eigenvalue weighted by Crippen LogP contribution is 2.31. The van der Waals surface area contributed by atoms with Gasteiger partial charge in [-0.1, -0.05) is 0 Å². The fraction of sp³-hybridized carbons (Fsp3) is 0.846. The van der Waals surface area contributed by atoms with Gasteiger partial charge in [0, 0.05) is 13.2 Å². The average molecular weight is 254 g/mol. The summed E-state index contributed by atoms with van der Waals surface area (Å²) in [5.74, 6) is -0.0585. The van der Waals surface area contributed by atoms with Gasteiger partial charge in [-0.3, -0.25) is 9.59 Å². The van der Waals surface area contributed by atoms with Crippen molar-refractivity contribution in [1.29, 1.82) is 0 Å². The molecule has 1 aliphatic heterocycles. The number of ether oxygens (including phenoxy) is 1. The number of nitrogens with one attached hydrogen (secondary N) is 1. The molecule has 18 heavy (non-hydrogen) atoms. The van der Waals surface area contributed by atoms with Crippen LogP contribution in [0, 0.1) is 0 Å². The Hall–Kier alpha value is -1.10. The molecule has 0 radical (unpaired) electrons. The second kappa shape index (κ2) is 4.53. The molecular formula is C13H22N2O3. The van der Waals surface area contributed by atoms with Gasteiger partial charge in [-0.2, -0.15) is 0 Å². The van der Waals surface area contributed by atoms with Crippen molar-refractivity contribution >= 4 is 11.8 Å². The summed E-state index contributed by atoms with van der Waals surface area (Å²) in [5.41, 5.74) is -0.797. The highest BCUT2D eigenvalue weighted by molar-refractivity contribution is 5.99. The number of hydrogen-bond donors (Lipinski definition) is 1. The largest absolute Gasteiger partial charge is 0.381 e. The second-order valence-corrected chi connectivity index (χ2v) is 5.83. The van der Waals surface area contributed by atoms with Gasteiger partial charge in [0.05, 0.1) is 6.10 Å². The van der Waals surface area contributed by atoms with E-state index < -0.39 is 5.54 Å². The Bertz CT molecular complexity index is 367. The molecule has 2 rings (SSSR count). The number of amides is 2. The maximum absolute atomic E-state index is 12.5. The number of piperazine rings is 1. The molecule has 2 aliphatic rings. The van der Waals surface area contributed by atoms with Crippen LogP contribution in [-0.2, 0) is 14.3 Å². The van der Waals surface area contributed by atoms with Crippen molar-refractivity contribution in [2.75, 3.05) is 7.11 Å². The van der Waals surface area contributed by atoms with E-state index in [1.54, 1.807) is 32.8 Å². The molecule has 1 N–H and O–H groups in total. The van der Waals surface area contributed by atoms with Gasteiger partial charge >= 0.3 is 0 Å². The van der Waals surface area contributed by atoms with Gasteiger partial charge < -0.3 is 15.0 Å². The number of methoxy groups -OCH3 is 1. The second-order valence-electron chi connectivity index (χ2n) is 5.83. The summed E-state index contributed by atoms with van der Waals surface area (Å²) in [4.78, 5) is 26.2. The van der Waals surface area contributed by atoms with E-state index in [-0.39, 0.29) is 30.0 Å². The van der Waals surface area contributed by atoms with Gasteiger partial charge in [0.25, 0.3) is 0 Å². The molecule has 102 valence electrons. The highest BCUT2D eigenvalue weighted by Gasteiger charge is 2.47. The average Bonchev–Trinajstić information content (AvgIpc) is 2.75. The summed E-state index contributed by atoms with van der Waals surface area (Å²) >= 11 is 0. The van der Waals surface area contributed by atoms with Gasteiger partial charge in [-0.25, -0.2) is 0 Å². The summed E-state index contributed by atoms with van der Waals surface area (Å²) < 4.78 is 5.34.